The minimum Gasteiger partial charge on any atom is -0.493 e. The van der Waals surface area contributed by atoms with Gasteiger partial charge in [0.15, 0.2) is 40.2 Å². The molecule has 0 unspecified atom stereocenters. The fraction of sp³-hybridized carbons (Fsp3) is 0.342. The van der Waals surface area contributed by atoms with Gasteiger partial charge < -0.3 is 34.7 Å². The number of hydrogen-bond donors (Lipinski definition) is 3. The van der Waals surface area contributed by atoms with E-state index in [4.69, 9.17) is 18.9 Å². The molecule has 0 radical (unpaired) electrons. The Morgan fingerprint density at radius 2 is 1.25 bits per heavy atom. The number of methoxy groups -OCH3 is 2. The Labute approximate surface area is 318 Å². The molecule has 274 valence electrons. The zero-order valence-corrected chi connectivity index (χ0v) is 31.9. The Morgan fingerprint density at radius 3 is 1.67 bits per heavy atom. The number of benzene rings is 2. The number of aromatic nitrogens is 2. The number of halogens is 2. The van der Waals surface area contributed by atoms with E-state index in [1.54, 1.807) is 12.1 Å². The second-order valence-electron chi connectivity index (χ2n) is 12.2. The second-order valence-corrected chi connectivity index (χ2v) is 13.8. The first-order chi connectivity index (χ1) is 25.2. The predicted molar refractivity (Wildman–Crippen MR) is 200 cm³/mol. The first-order valence-corrected chi connectivity index (χ1v) is 18.4. The first-order valence-electron chi connectivity index (χ1n) is 16.8. The smallest absolute Gasteiger partial charge is 0.274 e. The number of pyridine rings is 2. The standard InChI is InChI=1S/C19H21BrN2O4.C19H19BrN2O4/c2*1-25-15-10-16(20)22-17(19(24)21-13-8-5-9-14(13)23)18(15)26-11-12-6-3-2-4-7-12/h2-4,6-7,10,13-14,23H,5,8-9,11H2,1H3,(H,21,24);2-4,6-7,10,13H,5,8-9,11H2,1H3,(H,21,24)/t13-,14-;13-/m11/s1. The molecule has 0 spiro atoms. The summed E-state index contributed by atoms with van der Waals surface area (Å²) in [5, 5.41) is 15.6. The fourth-order valence-corrected chi connectivity index (χ4v) is 6.62. The molecule has 2 aliphatic rings. The highest BCUT2D eigenvalue weighted by Gasteiger charge is 2.31. The zero-order chi connectivity index (χ0) is 37.0. The summed E-state index contributed by atoms with van der Waals surface area (Å²) in [5.41, 5.74) is 2.14. The quantitative estimate of drug-likeness (QED) is 0.137. The molecule has 0 saturated heterocycles. The second kappa shape index (κ2) is 18.8. The number of nitrogens with one attached hydrogen (secondary N) is 2. The van der Waals surface area contributed by atoms with Crippen LogP contribution in [0.1, 0.15) is 70.6 Å². The highest BCUT2D eigenvalue weighted by molar-refractivity contribution is 9.10. The summed E-state index contributed by atoms with van der Waals surface area (Å²) >= 11 is 6.58. The van der Waals surface area contributed by atoms with Gasteiger partial charge in [0, 0.05) is 18.6 Å². The van der Waals surface area contributed by atoms with Crippen molar-refractivity contribution < 1.29 is 38.4 Å². The Hall–Kier alpha value is -4.53. The molecule has 2 heterocycles. The average molecular weight is 841 g/mol. The van der Waals surface area contributed by atoms with E-state index in [1.807, 2.05) is 60.7 Å². The van der Waals surface area contributed by atoms with Gasteiger partial charge in [-0.25, -0.2) is 9.97 Å². The van der Waals surface area contributed by atoms with Crippen LogP contribution in [0.2, 0.25) is 0 Å². The van der Waals surface area contributed by atoms with Gasteiger partial charge in [-0.3, -0.25) is 14.4 Å². The molecule has 2 amide bonds. The third-order valence-electron chi connectivity index (χ3n) is 8.54. The Balaban J connectivity index is 0.000000201. The number of amides is 2. The third kappa shape index (κ3) is 10.3. The van der Waals surface area contributed by atoms with Gasteiger partial charge in [-0.05, 0) is 75.1 Å². The Kier molecular flexibility index (Phi) is 14.0. The van der Waals surface area contributed by atoms with Crippen LogP contribution in [0, 0.1) is 0 Å². The van der Waals surface area contributed by atoms with Crippen molar-refractivity contribution in [2.45, 2.75) is 69.9 Å². The summed E-state index contributed by atoms with van der Waals surface area (Å²) in [7, 11) is 3.01. The molecule has 2 aliphatic carbocycles. The lowest BCUT2D eigenvalue weighted by molar-refractivity contribution is -0.118. The first kappa shape index (κ1) is 38.7. The molecule has 2 aromatic carbocycles. The van der Waals surface area contributed by atoms with Crippen molar-refractivity contribution in [3.05, 3.63) is 105 Å². The molecule has 3 N–H and O–H groups in total. The molecular weight excluding hydrogens is 800 g/mol. The van der Waals surface area contributed by atoms with Crippen molar-refractivity contribution >= 4 is 49.5 Å². The van der Waals surface area contributed by atoms with Crippen molar-refractivity contribution in [2.75, 3.05) is 14.2 Å². The molecule has 2 saturated carbocycles. The predicted octanol–water partition coefficient (Wildman–Crippen LogP) is 6.36. The average Bonchev–Trinajstić information content (AvgIpc) is 3.76. The molecule has 2 aromatic heterocycles. The number of ether oxygens (including phenoxy) is 4. The van der Waals surface area contributed by atoms with Crippen molar-refractivity contribution in [1.82, 2.24) is 20.6 Å². The molecule has 6 rings (SSSR count). The SMILES string of the molecule is COc1cc(Br)nc(C(=O)N[C@@H]2CCCC2=O)c1OCc1ccccc1.COc1cc(Br)nc(C(=O)N[C@@H]2CCC[C@H]2O)c1OCc1ccccc1. The minimum atomic E-state index is -0.526. The minimum absolute atomic E-state index is 0.0482. The van der Waals surface area contributed by atoms with Crippen molar-refractivity contribution in [2.24, 2.45) is 0 Å². The molecule has 0 aliphatic heterocycles. The maximum absolute atomic E-state index is 12.8. The number of ketones is 1. The lowest BCUT2D eigenvalue weighted by Gasteiger charge is -2.19. The number of carbonyl (C=O) groups is 3. The van der Waals surface area contributed by atoms with Gasteiger partial charge in [-0.1, -0.05) is 60.7 Å². The van der Waals surface area contributed by atoms with Crippen molar-refractivity contribution in [3.63, 3.8) is 0 Å². The van der Waals surface area contributed by atoms with Crippen LogP contribution in [0.3, 0.4) is 0 Å². The van der Waals surface area contributed by atoms with Crippen LogP contribution in [-0.2, 0) is 18.0 Å². The van der Waals surface area contributed by atoms with Crippen LogP contribution in [0.5, 0.6) is 23.0 Å². The number of hydrogen-bond acceptors (Lipinski definition) is 10. The maximum atomic E-state index is 12.8. The molecular formula is C38H40Br2N4O8. The van der Waals surface area contributed by atoms with Crippen LogP contribution in [0.25, 0.3) is 0 Å². The lowest BCUT2D eigenvalue weighted by atomic mass is 10.2. The molecule has 0 bridgehead atoms. The molecule has 4 aromatic rings. The van der Waals surface area contributed by atoms with Crippen LogP contribution in [0.4, 0.5) is 0 Å². The zero-order valence-electron chi connectivity index (χ0n) is 28.8. The van der Waals surface area contributed by atoms with Gasteiger partial charge in [-0.15, -0.1) is 0 Å². The molecule has 14 heteroatoms. The van der Waals surface area contributed by atoms with Crippen molar-refractivity contribution in [1.29, 1.82) is 0 Å². The molecule has 3 atom stereocenters. The van der Waals surface area contributed by atoms with Gasteiger partial charge in [0.2, 0.25) is 0 Å². The van der Waals surface area contributed by atoms with E-state index in [0.29, 0.717) is 40.0 Å². The van der Waals surface area contributed by atoms with E-state index in [2.05, 4.69) is 52.5 Å². The molecule has 52 heavy (non-hydrogen) atoms. The molecule has 12 nitrogen and oxygen atoms in total. The number of rotatable bonds is 12. The van der Waals surface area contributed by atoms with Gasteiger partial charge in [0.05, 0.1) is 32.4 Å². The largest absolute Gasteiger partial charge is 0.493 e. The van der Waals surface area contributed by atoms with Gasteiger partial charge >= 0.3 is 0 Å². The summed E-state index contributed by atoms with van der Waals surface area (Å²) in [6.07, 6.45) is 3.74. The molecule has 2 fully saturated rings. The number of aliphatic hydroxyl groups excluding tert-OH is 1. The maximum Gasteiger partial charge on any atom is 0.274 e. The van der Waals surface area contributed by atoms with E-state index in [-0.39, 0.29) is 47.9 Å². The van der Waals surface area contributed by atoms with E-state index in [9.17, 15) is 19.5 Å². The van der Waals surface area contributed by atoms with E-state index in [1.165, 1.54) is 14.2 Å². The van der Waals surface area contributed by atoms with Crippen LogP contribution >= 0.6 is 31.9 Å². The summed E-state index contributed by atoms with van der Waals surface area (Å²) in [5.74, 6) is 0.552. The highest BCUT2D eigenvalue weighted by Crippen LogP contribution is 2.35. The normalized spacial score (nSPS) is 17.8. The van der Waals surface area contributed by atoms with Crippen LogP contribution in [0.15, 0.2) is 82.0 Å². The van der Waals surface area contributed by atoms with Crippen LogP contribution < -0.4 is 29.6 Å². The number of Topliss-reactive ketones (excluding diaryl/α,β-unsaturated/α-hetero) is 1. The van der Waals surface area contributed by atoms with Gasteiger partial charge in [-0.2, -0.15) is 0 Å². The fourth-order valence-electron chi connectivity index (χ4n) is 5.85. The van der Waals surface area contributed by atoms with E-state index in [0.717, 1.165) is 30.4 Å². The lowest BCUT2D eigenvalue weighted by Crippen LogP contribution is -2.40. The van der Waals surface area contributed by atoms with E-state index >= 15 is 0 Å². The van der Waals surface area contributed by atoms with Crippen LogP contribution in [-0.4, -0.2) is 65.1 Å². The topological polar surface area (TPSA) is 158 Å². The van der Waals surface area contributed by atoms with Crippen molar-refractivity contribution in [3.8, 4) is 23.0 Å². The Morgan fingerprint density at radius 1 is 0.750 bits per heavy atom. The summed E-state index contributed by atoms with van der Waals surface area (Å²) < 4.78 is 23.4. The number of nitrogens with zero attached hydrogens (tertiary/aromatic N) is 2. The monoisotopic (exact) mass is 838 g/mol. The number of carbonyl (C=O) groups excluding carboxylic acids is 3. The summed E-state index contributed by atoms with van der Waals surface area (Å²) in [6, 6.07) is 21.8. The van der Waals surface area contributed by atoms with Gasteiger partial charge in [0.1, 0.15) is 22.4 Å². The summed E-state index contributed by atoms with van der Waals surface area (Å²) in [4.78, 5) is 45.8. The van der Waals surface area contributed by atoms with E-state index < -0.39 is 24.0 Å². The highest BCUT2D eigenvalue weighted by atomic mass is 79.9. The Bertz CT molecular complexity index is 1850. The number of aliphatic hydroxyl groups is 1. The third-order valence-corrected chi connectivity index (χ3v) is 9.36. The summed E-state index contributed by atoms with van der Waals surface area (Å²) in [6.45, 7) is 0.552. The van der Waals surface area contributed by atoms with Gasteiger partial charge in [0.25, 0.3) is 11.8 Å².